The van der Waals surface area contributed by atoms with Crippen LogP contribution in [-0.2, 0) is 14.3 Å². The first kappa shape index (κ1) is 23.5. The Kier molecular flexibility index (Phi) is 7.80. The van der Waals surface area contributed by atoms with Gasteiger partial charge in [0.2, 0.25) is 5.91 Å². The summed E-state index contributed by atoms with van der Waals surface area (Å²) < 4.78 is 18.5. The van der Waals surface area contributed by atoms with Crippen molar-refractivity contribution < 1.29 is 18.7 Å². The zero-order valence-electron chi connectivity index (χ0n) is 18.8. The summed E-state index contributed by atoms with van der Waals surface area (Å²) in [6.07, 6.45) is 3.12. The molecule has 7 nitrogen and oxygen atoms in total. The van der Waals surface area contributed by atoms with Gasteiger partial charge in [0, 0.05) is 37.0 Å². The molecule has 1 unspecified atom stereocenters. The molecule has 1 aromatic heterocycles. The fraction of sp³-hybridized carbons (Fsp3) is 0.500. The fourth-order valence-electron chi connectivity index (χ4n) is 4.43. The number of amides is 1. The molecule has 176 valence electrons. The van der Waals surface area contributed by atoms with Crippen LogP contribution in [-0.4, -0.2) is 59.8 Å². The molecule has 0 saturated carbocycles. The van der Waals surface area contributed by atoms with Crippen LogP contribution in [0.3, 0.4) is 0 Å². The van der Waals surface area contributed by atoms with E-state index in [2.05, 4.69) is 15.1 Å². The van der Waals surface area contributed by atoms with Crippen molar-refractivity contribution in [2.24, 2.45) is 11.8 Å². The van der Waals surface area contributed by atoms with Crippen LogP contribution in [0.15, 0.2) is 46.3 Å². The maximum atomic E-state index is 13.4. The predicted octanol–water partition coefficient (Wildman–Crippen LogP) is 3.79. The van der Waals surface area contributed by atoms with Gasteiger partial charge in [-0.05, 0) is 62.9 Å². The number of carbonyl (C=O) groups is 2. The van der Waals surface area contributed by atoms with Gasteiger partial charge in [-0.2, -0.15) is 0 Å². The standard InChI is InChI=1S/C24H29FN4O3S/c1-2-32-24(31)18-5-4-12-29(16-18)23(30)17-10-13-28(14-11-17)21-8-9-22(27-26-21)33-20-7-3-6-19(25)15-20/h3,6-9,15,17-18H,2,4-5,10-14,16H2,1H3. The lowest BCUT2D eigenvalue weighted by Crippen LogP contribution is -2.47. The van der Waals surface area contributed by atoms with Crippen molar-refractivity contribution >= 4 is 29.5 Å². The number of nitrogens with zero attached hydrogens (tertiary/aromatic N) is 4. The molecule has 3 heterocycles. The van der Waals surface area contributed by atoms with E-state index in [9.17, 15) is 14.0 Å². The van der Waals surface area contributed by atoms with Crippen molar-refractivity contribution in [1.82, 2.24) is 15.1 Å². The third-order valence-corrected chi connectivity index (χ3v) is 7.08. The molecule has 2 aliphatic heterocycles. The van der Waals surface area contributed by atoms with Crippen LogP contribution < -0.4 is 4.90 Å². The van der Waals surface area contributed by atoms with Gasteiger partial charge in [0.25, 0.3) is 0 Å². The molecule has 0 bridgehead atoms. The highest BCUT2D eigenvalue weighted by Gasteiger charge is 2.34. The fourth-order valence-corrected chi connectivity index (χ4v) is 5.21. The summed E-state index contributed by atoms with van der Waals surface area (Å²) in [5, 5.41) is 9.32. The second-order valence-corrected chi connectivity index (χ2v) is 9.52. The Bertz CT molecular complexity index is 966. The topological polar surface area (TPSA) is 75.6 Å². The molecule has 2 aliphatic rings. The molecule has 9 heteroatoms. The molecule has 33 heavy (non-hydrogen) atoms. The molecule has 1 amide bonds. The van der Waals surface area contributed by atoms with Crippen LogP contribution in [0.2, 0.25) is 0 Å². The number of ether oxygens (including phenoxy) is 1. The zero-order chi connectivity index (χ0) is 23.2. The number of likely N-dealkylation sites (tertiary alicyclic amines) is 1. The first-order valence-electron chi connectivity index (χ1n) is 11.5. The lowest BCUT2D eigenvalue weighted by molar-refractivity contribution is -0.152. The second-order valence-electron chi connectivity index (χ2n) is 8.43. The number of esters is 1. The van der Waals surface area contributed by atoms with E-state index < -0.39 is 0 Å². The second kappa shape index (κ2) is 11.0. The Morgan fingerprint density at radius 3 is 2.61 bits per heavy atom. The van der Waals surface area contributed by atoms with Gasteiger partial charge in [-0.15, -0.1) is 10.2 Å². The Balaban J connectivity index is 1.28. The summed E-state index contributed by atoms with van der Waals surface area (Å²) in [5.41, 5.74) is 0. The number of anilines is 1. The summed E-state index contributed by atoms with van der Waals surface area (Å²) in [7, 11) is 0. The van der Waals surface area contributed by atoms with Gasteiger partial charge >= 0.3 is 5.97 Å². The number of hydrogen-bond acceptors (Lipinski definition) is 7. The van der Waals surface area contributed by atoms with Crippen LogP contribution in [0.5, 0.6) is 0 Å². The lowest BCUT2D eigenvalue weighted by Gasteiger charge is -2.37. The average molecular weight is 473 g/mol. The number of halogens is 1. The van der Waals surface area contributed by atoms with Crippen LogP contribution in [0.4, 0.5) is 10.2 Å². The molecular formula is C24H29FN4O3S. The van der Waals surface area contributed by atoms with Crippen LogP contribution in [0.25, 0.3) is 0 Å². The van der Waals surface area contributed by atoms with Gasteiger partial charge in [0.1, 0.15) is 10.8 Å². The van der Waals surface area contributed by atoms with E-state index >= 15 is 0 Å². The lowest BCUT2D eigenvalue weighted by atomic mass is 9.92. The molecule has 0 N–H and O–H groups in total. The number of hydrogen-bond donors (Lipinski definition) is 0. The number of aromatic nitrogens is 2. The molecule has 1 atom stereocenters. The van der Waals surface area contributed by atoms with Crippen molar-refractivity contribution in [3.63, 3.8) is 0 Å². The minimum Gasteiger partial charge on any atom is -0.466 e. The number of piperidine rings is 2. The molecule has 2 saturated heterocycles. The zero-order valence-corrected chi connectivity index (χ0v) is 19.6. The summed E-state index contributed by atoms with van der Waals surface area (Å²) in [6, 6.07) is 10.2. The van der Waals surface area contributed by atoms with Gasteiger partial charge < -0.3 is 14.5 Å². The third kappa shape index (κ3) is 6.01. The minimum absolute atomic E-state index is 0.0297. The normalized spacial score (nSPS) is 19.4. The number of rotatable bonds is 6. The van der Waals surface area contributed by atoms with Crippen LogP contribution in [0.1, 0.15) is 32.6 Å². The van der Waals surface area contributed by atoms with E-state index in [-0.39, 0.29) is 29.5 Å². The monoisotopic (exact) mass is 472 g/mol. The molecule has 0 aliphatic carbocycles. The van der Waals surface area contributed by atoms with Gasteiger partial charge in [0.05, 0.1) is 12.5 Å². The number of benzene rings is 1. The SMILES string of the molecule is CCOC(=O)C1CCCN(C(=O)C2CCN(c3ccc(Sc4cccc(F)c4)nn3)CC2)C1. The van der Waals surface area contributed by atoms with Gasteiger partial charge in [0.15, 0.2) is 5.82 Å². The Morgan fingerprint density at radius 2 is 1.91 bits per heavy atom. The number of carbonyl (C=O) groups excluding carboxylic acids is 2. The molecule has 2 fully saturated rings. The molecule has 2 aromatic rings. The summed E-state index contributed by atoms with van der Waals surface area (Å²) in [6.45, 7) is 4.82. The van der Waals surface area contributed by atoms with E-state index in [4.69, 9.17) is 4.74 Å². The van der Waals surface area contributed by atoms with Crippen LogP contribution >= 0.6 is 11.8 Å². The Hall–Kier alpha value is -2.68. The largest absolute Gasteiger partial charge is 0.466 e. The maximum absolute atomic E-state index is 13.4. The van der Waals surface area contributed by atoms with Gasteiger partial charge in [-0.1, -0.05) is 17.8 Å². The van der Waals surface area contributed by atoms with Crippen molar-refractivity contribution in [3.8, 4) is 0 Å². The van der Waals surface area contributed by atoms with E-state index in [1.807, 2.05) is 23.1 Å². The van der Waals surface area contributed by atoms with Crippen molar-refractivity contribution in [1.29, 1.82) is 0 Å². The van der Waals surface area contributed by atoms with E-state index in [0.717, 1.165) is 49.5 Å². The summed E-state index contributed by atoms with van der Waals surface area (Å²) in [5.74, 6) is 0.228. The van der Waals surface area contributed by atoms with Crippen LogP contribution in [0, 0.1) is 17.7 Å². The molecule has 0 spiro atoms. The quantitative estimate of drug-likeness (QED) is 0.592. The first-order valence-corrected chi connectivity index (χ1v) is 12.3. The van der Waals surface area contributed by atoms with Gasteiger partial charge in [-0.25, -0.2) is 4.39 Å². The molecule has 1 aromatic carbocycles. The highest BCUT2D eigenvalue weighted by molar-refractivity contribution is 7.99. The molecular weight excluding hydrogens is 443 g/mol. The highest BCUT2D eigenvalue weighted by Crippen LogP contribution is 2.29. The predicted molar refractivity (Wildman–Crippen MR) is 123 cm³/mol. The average Bonchev–Trinajstić information content (AvgIpc) is 2.84. The Labute approximate surface area is 197 Å². The smallest absolute Gasteiger partial charge is 0.310 e. The van der Waals surface area contributed by atoms with E-state index in [0.29, 0.717) is 24.7 Å². The summed E-state index contributed by atoms with van der Waals surface area (Å²) in [4.78, 5) is 29.9. The highest BCUT2D eigenvalue weighted by atomic mass is 32.2. The molecule has 4 rings (SSSR count). The van der Waals surface area contributed by atoms with Crippen molar-refractivity contribution in [2.45, 2.75) is 42.5 Å². The van der Waals surface area contributed by atoms with E-state index in [1.165, 1.54) is 23.9 Å². The first-order chi connectivity index (χ1) is 16.0. The third-order valence-electron chi connectivity index (χ3n) is 6.17. The van der Waals surface area contributed by atoms with E-state index in [1.54, 1.807) is 13.0 Å². The van der Waals surface area contributed by atoms with Crippen molar-refractivity contribution in [3.05, 3.63) is 42.2 Å². The minimum atomic E-state index is -0.275. The maximum Gasteiger partial charge on any atom is 0.310 e. The Morgan fingerprint density at radius 1 is 1.09 bits per heavy atom. The van der Waals surface area contributed by atoms with Crippen molar-refractivity contribution in [2.75, 3.05) is 37.7 Å². The van der Waals surface area contributed by atoms with Gasteiger partial charge in [-0.3, -0.25) is 9.59 Å². The molecule has 0 radical (unpaired) electrons. The summed E-state index contributed by atoms with van der Waals surface area (Å²) >= 11 is 1.37.